The highest BCUT2D eigenvalue weighted by Crippen LogP contribution is 2.28. The summed E-state index contributed by atoms with van der Waals surface area (Å²) >= 11 is 0. The molecular formula is C14H30N2. The standard InChI is InChI=1S/C14H30N2/c1-5-16(11-14(3,4)10-15)13-8-6-12(2)7-9-13/h12-13H,5-11,15H2,1-4H3. The first-order valence-corrected chi connectivity index (χ1v) is 6.92. The molecule has 0 bridgehead atoms. The lowest BCUT2D eigenvalue weighted by atomic mass is 9.85. The van der Waals surface area contributed by atoms with Crippen LogP contribution in [-0.2, 0) is 0 Å². The minimum Gasteiger partial charge on any atom is -0.330 e. The van der Waals surface area contributed by atoms with Crippen LogP contribution < -0.4 is 5.73 Å². The number of nitrogens with zero attached hydrogens (tertiary/aromatic N) is 1. The van der Waals surface area contributed by atoms with Gasteiger partial charge in [-0.3, -0.25) is 0 Å². The van der Waals surface area contributed by atoms with E-state index in [0.29, 0.717) is 0 Å². The lowest BCUT2D eigenvalue weighted by molar-refractivity contribution is 0.102. The Morgan fingerprint density at radius 1 is 1.19 bits per heavy atom. The summed E-state index contributed by atoms with van der Waals surface area (Å²) in [5, 5.41) is 0. The third-order valence-corrected chi connectivity index (χ3v) is 4.09. The van der Waals surface area contributed by atoms with Crippen molar-refractivity contribution in [2.45, 2.75) is 59.4 Å². The fourth-order valence-electron chi connectivity index (χ4n) is 2.72. The molecule has 0 spiro atoms. The third-order valence-electron chi connectivity index (χ3n) is 4.09. The monoisotopic (exact) mass is 226 g/mol. The van der Waals surface area contributed by atoms with E-state index in [-0.39, 0.29) is 5.41 Å². The van der Waals surface area contributed by atoms with Crippen LogP contribution in [0.25, 0.3) is 0 Å². The first kappa shape index (κ1) is 14.0. The van der Waals surface area contributed by atoms with Crippen LogP contribution in [0.15, 0.2) is 0 Å². The molecule has 1 aliphatic carbocycles. The van der Waals surface area contributed by atoms with Crippen LogP contribution >= 0.6 is 0 Å². The lowest BCUT2D eigenvalue weighted by Crippen LogP contribution is -2.45. The maximum absolute atomic E-state index is 5.83. The molecule has 2 nitrogen and oxygen atoms in total. The molecule has 0 atom stereocenters. The molecule has 0 aromatic heterocycles. The van der Waals surface area contributed by atoms with Gasteiger partial charge in [0.25, 0.3) is 0 Å². The molecule has 2 N–H and O–H groups in total. The predicted molar refractivity (Wildman–Crippen MR) is 71.5 cm³/mol. The molecule has 0 unspecified atom stereocenters. The zero-order valence-corrected chi connectivity index (χ0v) is 11.6. The lowest BCUT2D eigenvalue weighted by Gasteiger charge is -2.39. The minimum absolute atomic E-state index is 0.263. The molecule has 0 amide bonds. The average Bonchev–Trinajstić information content (AvgIpc) is 2.27. The molecular weight excluding hydrogens is 196 g/mol. The molecule has 2 heteroatoms. The van der Waals surface area contributed by atoms with Crippen LogP contribution in [0.2, 0.25) is 0 Å². The minimum atomic E-state index is 0.263. The Kier molecular flexibility index (Phi) is 5.26. The molecule has 96 valence electrons. The van der Waals surface area contributed by atoms with Crippen LogP contribution in [0.5, 0.6) is 0 Å². The molecule has 0 saturated heterocycles. The van der Waals surface area contributed by atoms with Gasteiger partial charge in [0, 0.05) is 12.6 Å². The Labute approximate surface area is 102 Å². The second-order valence-corrected chi connectivity index (χ2v) is 6.35. The maximum Gasteiger partial charge on any atom is 0.00955 e. The van der Waals surface area contributed by atoms with Crippen molar-refractivity contribution < 1.29 is 0 Å². The van der Waals surface area contributed by atoms with Gasteiger partial charge in [-0.25, -0.2) is 0 Å². The van der Waals surface area contributed by atoms with Crippen molar-refractivity contribution in [3.05, 3.63) is 0 Å². The van der Waals surface area contributed by atoms with Crippen LogP contribution in [0.3, 0.4) is 0 Å². The Morgan fingerprint density at radius 2 is 1.75 bits per heavy atom. The van der Waals surface area contributed by atoms with Gasteiger partial charge in [-0.15, -0.1) is 0 Å². The topological polar surface area (TPSA) is 29.3 Å². The Hall–Kier alpha value is -0.0800. The third kappa shape index (κ3) is 4.06. The van der Waals surface area contributed by atoms with Crippen molar-refractivity contribution in [2.75, 3.05) is 19.6 Å². The molecule has 0 aromatic rings. The van der Waals surface area contributed by atoms with Crippen LogP contribution in [-0.4, -0.2) is 30.6 Å². The fraction of sp³-hybridized carbons (Fsp3) is 1.00. The van der Waals surface area contributed by atoms with Crippen LogP contribution in [0.4, 0.5) is 0 Å². The van der Waals surface area contributed by atoms with Gasteiger partial charge < -0.3 is 10.6 Å². The van der Waals surface area contributed by atoms with Gasteiger partial charge in [-0.05, 0) is 50.1 Å². The molecule has 1 rings (SSSR count). The van der Waals surface area contributed by atoms with Gasteiger partial charge in [0.1, 0.15) is 0 Å². The van der Waals surface area contributed by atoms with E-state index in [4.69, 9.17) is 5.73 Å². The summed E-state index contributed by atoms with van der Waals surface area (Å²) in [6, 6.07) is 0.812. The summed E-state index contributed by atoms with van der Waals surface area (Å²) in [4.78, 5) is 2.65. The number of rotatable bonds is 5. The van der Waals surface area contributed by atoms with E-state index in [2.05, 4.69) is 32.6 Å². The van der Waals surface area contributed by atoms with E-state index in [9.17, 15) is 0 Å². The molecule has 0 aromatic carbocycles. The predicted octanol–water partition coefficient (Wildman–Crippen LogP) is 2.87. The van der Waals surface area contributed by atoms with Gasteiger partial charge in [0.15, 0.2) is 0 Å². The van der Waals surface area contributed by atoms with Crippen LogP contribution in [0, 0.1) is 11.3 Å². The fourth-order valence-corrected chi connectivity index (χ4v) is 2.72. The summed E-state index contributed by atoms with van der Waals surface area (Å²) < 4.78 is 0. The van der Waals surface area contributed by atoms with Crippen molar-refractivity contribution >= 4 is 0 Å². The quantitative estimate of drug-likeness (QED) is 0.781. The normalized spacial score (nSPS) is 27.4. The van der Waals surface area contributed by atoms with E-state index in [1.54, 1.807) is 0 Å². The molecule has 0 radical (unpaired) electrons. The smallest absolute Gasteiger partial charge is 0.00955 e. The van der Waals surface area contributed by atoms with Crippen molar-refractivity contribution in [1.82, 2.24) is 4.90 Å². The summed E-state index contributed by atoms with van der Waals surface area (Å²) in [7, 11) is 0. The summed E-state index contributed by atoms with van der Waals surface area (Å²) in [5.41, 5.74) is 6.10. The van der Waals surface area contributed by atoms with Crippen molar-refractivity contribution in [3.8, 4) is 0 Å². The second-order valence-electron chi connectivity index (χ2n) is 6.35. The number of hydrogen-bond acceptors (Lipinski definition) is 2. The molecule has 1 fully saturated rings. The summed E-state index contributed by atoms with van der Waals surface area (Å²) in [6.45, 7) is 12.3. The van der Waals surface area contributed by atoms with Gasteiger partial charge in [-0.1, -0.05) is 27.7 Å². The summed E-state index contributed by atoms with van der Waals surface area (Å²) in [5.74, 6) is 0.942. The van der Waals surface area contributed by atoms with Gasteiger partial charge in [-0.2, -0.15) is 0 Å². The van der Waals surface area contributed by atoms with Gasteiger partial charge in [0.2, 0.25) is 0 Å². The molecule has 1 saturated carbocycles. The van der Waals surface area contributed by atoms with E-state index in [1.165, 1.54) is 32.2 Å². The largest absolute Gasteiger partial charge is 0.330 e. The van der Waals surface area contributed by atoms with E-state index in [1.807, 2.05) is 0 Å². The molecule has 0 aliphatic heterocycles. The van der Waals surface area contributed by atoms with Crippen LogP contribution in [0.1, 0.15) is 53.4 Å². The highest BCUT2D eigenvalue weighted by Gasteiger charge is 2.27. The average molecular weight is 226 g/mol. The van der Waals surface area contributed by atoms with Gasteiger partial charge >= 0.3 is 0 Å². The number of nitrogens with two attached hydrogens (primary N) is 1. The number of hydrogen-bond donors (Lipinski definition) is 1. The highest BCUT2D eigenvalue weighted by molar-refractivity contribution is 4.82. The zero-order chi connectivity index (χ0) is 12.2. The zero-order valence-electron chi connectivity index (χ0n) is 11.6. The maximum atomic E-state index is 5.83. The van der Waals surface area contributed by atoms with E-state index < -0.39 is 0 Å². The van der Waals surface area contributed by atoms with Gasteiger partial charge in [0.05, 0.1) is 0 Å². The van der Waals surface area contributed by atoms with Crippen molar-refractivity contribution in [1.29, 1.82) is 0 Å². The van der Waals surface area contributed by atoms with E-state index in [0.717, 1.165) is 25.0 Å². The molecule has 1 aliphatic rings. The van der Waals surface area contributed by atoms with Crippen molar-refractivity contribution in [3.63, 3.8) is 0 Å². The molecule has 16 heavy (non-hydrogen) atoms. The second kappa shape index (κ2) is 6.02. The highest BCUT2D eigenvalue weighted by atomic mass is 15.2. The first-order chi connectivity index (χ1) is 7.48. The Morgan fingerprint density at radius 3 is 2.19 bits per heavy atom. The SMILES string of the molecule is CCN(CC(C)(C)CN)C1CCC(C)CC1. The Balaban J connectivity index is 2.47. The van der Waals surface area contributed by atoms with E-state index >= 15 is 0 Å². The van der Waals surface area contributed by atoms with Crippen molar-refractivity contribution in [2.24, 2.45) is 17.1 Å². The first-order valence-electron chi connectivity index (χ1n) is 6.92. The summed E-state index contributed by atoms with van der Waals surface area (Å²) in [6.07, 6.45) is 5.58. The molecule has 0 heterocycles. The Bertz CT molecular complexity index is 193.